The van der Waals surface area contributed by atoms with Crippen molar-refractivity contribution in [1.82, 2.24) is 25.5 Å². The van der Waals surface area contributed by atoms with Gasteiger partial charge in [0.25, 0.3) is 5.91 Å². The molecule has 0 unspecified atom stereocenters. The van der Waals surface area contributed by atoms with Crippen molar-refractivity contribution in [3.63, 3.8) is 0 Å². The predicted molar refractivity (Wildman–Crippen MR) is 151 cm³/mol. The number of aromatic nitrogens is 2. The lowest BCUT2D eigenvalue weighted by Gasteiger charge is -2.25. The van der Waals surface area contributed by atoms with Crippen LogP contribution in [0.25, 0.3) is 0 Å². The number of aliphatic carboxylic acids is 1. The van der Waals surface area contributed by atoms with Gasteiger partial charge in [-0.25, -0.2) is 0 Å². The highest BCUT2D eigenvalue weighted by atomic mass is 16.5. The minimum atomic E-state index is -0.727. The number of nitrogens with zero attached hydrogens (tertiary/aromatic N) is 3. The quantitative estimate of drug-likeness (QED) is 0.283. The summed E-state index contributed by atoms with van der Waals surface area (Å²) in [5.74, 6) is -1.74. The first kappa shape index (κ1) is 31.0. The van der Waals surface area contributed by atoms with E-state index in [-0.39, 0.29) is 42.0 Å². The number of amides is 3. The molecule has 1 aliphatic carbocycles. The van der Waals surface area contributed by atoms with Crippen LogP contribution in [0.4, 0.5) is 0 Å². The van der Waals surface area contributed by atoms with Crippen molar-refractivity contribution in [3.05, 3.63) is 59.7 Å². The maximum Gasteiger partial charge on any atom is 0.306 e. The van der Waals surface area contributed by atoms with Crippen molar-refractivity contribution < 1.29 is 33.8 Å². The third-order valence-electron chi connectivity index (χ3n) is 7.94. The van der Waals surface area contributed by atoms with E-state index in [2.05, 4.69) is 20.6 Å². The van der Waals surface area contributed by atoms with E-state index in [1.165, 1.54) is 0 Å². The molecular weight excluding hydrogens is 542 g/mol. The Kier molecular flexibility index (Phi) is 11.4. The summed E-state index contributed by atoms with van der Waals surface area (Å²) in [7, 11) is 1.70. The second-order valence-corrected chi connectivity index (χ2v) is 10.7. The number of carbonyl (C=O) groups is 4. The van der Waals surface area contributed by atoms with Gasteiger partial charge in [0.1, 0.15) is 0 Å². The molecule has 12 nitrogen and oxygen atoms in total. The molecule has 1 saturated carbocycles. The van der Waals surface area contributed by atoms with Gasteiger partial charge in [0.2, 0.25) is 11.8 Å². The third-order valence-corrected chi connectivity index (χ3v) is 7.94. The SMILES string of the molecule is CN1C(=O)C[C@H](C(=O)NCCOCCOCCNC(=O)c2ccc(C3CCC(C(=O)O)CC3)nc2)[C@H]1c1cccnc1. The molecule has 0 aromatic carbocycles. The van der Waals surface area contributed by atoms with E-state index in [0.717, 1.165) is 24.1 Å². The maximum atomic E-state index is 12.8. The smallest absolute Gasteiger partial charge is 0.306 e. The fraction of sp³-hybridized carbons (Fsp3) is 0.533. The molecule has 3 heterocycles. The standard InChI is InChI=1S/C30H39N5O7/c1-35-26(36)17-24(27(35)22-3-2-10-31-18-22)29(38)33-12-14-42-16-15-41-13-11-32-28(37)23-8-9-25(34-19-23)20-4-6-21(7-5-20)30(39)40/h2-3,8-10,18-21,24,27H,4-7,11-17H2,1H3,(H,32,37)(H,33,38)(H,39,40)/t20?,21?,24-,27+/m0/s1. The first-order chi connectivity index (χ1) is 20.3. The molecular formula is C30H39N5O7. The Labute approximate surface area is 245 Å². The molecule has 0 radical (unpaired) electrons. The van der Waals surface area contributed by atoms with Gasteiger partial charge >= 0.3 is 5.97 Å². The summed E-state index contributed by atoms with van der Waals surface area (Å²) in [6.45, 7) is 1.97. The normalized spacial score (nSPS) is 22.1. The molecule has 0 bridgehead atoms. The Bertz CT molecular complexity index is 1200. The van der Waals surface area contributed by atoms with Crippen LogP contribution in [0.1, 0.15) is 65.7 Å². The summed E-state index contributed by atoms with van der Waals surface area (Å²) >= 11 is 0. The van der Waals surface area contributed by atoms with Crippen LogP contribution < -0.4 is 10.6 Å². The molecule has 4 rings (SSSR count). The molecule has 2 aromatic rings. The first-order valence-electron chi connectivity index (χ1n) is 14.4. The van der Waals surface area contributed by atoms with Crippen molar-refractivity contribution in [2.45, 2.75) is 44.1 Å². The fourth-order valence-electron chi connectivity index (χ4n) is 5.57. The lowest BCUT2D eigenvalue weighted by molar-refractivity contribution is -0.142. The molecule has 2 aliphatic rings. The Balaban J connectivity index is 1.04. The molecule has 3 amide bonds. The molecule has 226 valence electrons. The van der Waals surface area contributed by atoms with Crippen LogP contribution in [0.15, 0.2) is 42.9 Å². The van der Waals surface area contributed by atoms with E-state index in [9.17, 15) is 19.2 Å². The van der Waals surface area contributed by atoms with Crippen LogP contribution in [0.2, 0.25) is 0 Å². The highest BCUT2D eigenvalue weighted by Gasteiger charge is 2.42. The highest BCUT2D eigenvalue weighted by molar-refractivity contribution is 5.93. The van der Waals surface area contributed by atoms with Gasteiger partial charge in [-0.3, -0.25) is 29.1 Å². The summed E-state index contributed by atoms with van der Waals surface area (Å²) < 4.78 is 11.0. The molecule has 2 aromatic heterocycles. The maximum absolute atomic E-state index is 12.8. The van der Waals surface area contributed by atoms with E-state index in [4.69, 9.17) is 14.6 Å². The first-order valence-corrected chi connectivity index (χ1v) is 14.4. The van der Waals surface area contributed by atoms with Crippen LogP contribution in [-0.2, 0) is 23.9 Å². The fourth-order valence-corrected chi connectivity index (χ4v) is 5.57. The summed E-state index contributed by atoms with van der Waals surface area (Å²) in [4.78, 5) is 58.7. The number of hydrogen-bond donors (Lipinski definition) is 3. The van der Waals surface area contributed by atoms with Gasteiger partial charge in [0, 0.05) is 56.8 Å². The van der Waals surface area contributed by atoms with Crippen molar-refractivity contribution in [1.29, 1.82) is 0 Å². The topological polar surface area (TPSA) is 160 Å². The number of likely N-dealkylation sites (tertiary alicyclic amines) is 1. The van der Waals surface area contributed by atoms with Gasteiger partial charge in [-0.15, -0.1) is 0 Å². The Morgan fingerprint density at radius 2 is 1.69 bits per heavy atom. The summed E-state index contributed by atoms with van der Waals surface area (Å²) in [6.07, 6.45) is 7.95. The zero-order valence-electron chi connectivity index (χ0n) is 23.9. The number of carboxylic acid groups (broad SMARTS) is 1. The molecule has 2 atom stereocenters. The van der Waals surface area contributed by atoms with E-state index >= 15 is 0 Å². The minimum Gasteiger partial charge on any atom is -0.481 e. The summed E-state index contributed by atoms with van der Waals surface area (Å²) in [6, 6.07) is 6.92. The Morgan fingerprint density at radius 1 is 0.976 bits per heavy atom. The van der Waals surface area contributed by atoms with Crippen molar-refractivity contribution in [2.75, 3.05) is 46.6 Å². The second-order valence-electron chi connectivity index (χ2n) is 10.7. The van der Waals surface area contributed by atoms with Crippen LogP contribution in [0, 0.1) is 11.8 Å². The van der Waals surface area contributed by atoms with Crippen LogP contribution in [0.3, 0.4) is 0 Å². The second kappa shape index (κ2) is 15.4. The number of rotatable bonds is 14. The molecule has 12 heteroatoms. The van der Waals surface area contributed by atoms with E-state index in [1.807, 2.05) is 12.1 Å². The lowest BCUT2D eigenvalue weighted by atomic mass is 9.80. The summed E-state index contributed by atoms with van der Waals surface area (Å²) in [5.41, 5.74) is 2.19. The van der Waals surface area contributed by atoms with Crippen molar-refractivity contribution in [2.24, 2.45) is 11.8 Å². The largest absolute Gasteiger partial charge is 0.481 e. The van der Waals surface area contributed by atoms with E-state index < -0.39 is 11.9 Å². The lowest BCUT2D eigenvalue weighted by Crippen LogP contribution is -2.36. The number of nitrogens with one attached hydrogen (secondary N) is 2. The average Bonchev–Trinajstić information content (AvgIpc) is 3.32. The molecule has 1 aliphatic heterocycles. The van der Waals surface area contributed by atoms with Gasteiger partial charge < -0.3 is 30.1 Å². The van der Waals surface area contributed by atoms with Crippen LogP contribution in [-0.4, -0.2) is 90.2 Å². The van der Waals surface area contributed by atoms with Gasteiger partial charge in [-0.05, 0) is 49.4 Å². The molecule has 3 N–H and O–H groups in total. The van der Waals surface area contributed by atoms with E-state index in [1.54, 1.807) is 42.7 Å². The molecule has 2 fully saturated rings. The average molecular weight is 582 g/mol. The van der Waals surface area contributed by atoms with Gasteiger partial charge in [-0.1, -0.05) is 6.07 Å². The van der Waals surface area contributed by atoms with Gasteiger partial charge in [-0.2, -0.15) is 0 Å². The monoisotopic (exact) mass is 581 g/mol. The van der Waals surface area contributed by atoms with Crippen LogP contribution in [0.5, 0.6) is 0 Å². The van der Waals surface area contributed by atoms with Crippen molar-refractivity contribution >= 4 is 23.7 Å². The third kappa shape index (κ3) is 8.32. The van der Waals surface area contributed by atoms with Crippen LogP contribution >= 0.6 is 0 Å². The number of hydrogen-bond acceptors (Lipinski definition) is 8. The number of pyridine rings is 2. The van der Waals surface area contributed by atoms with E-state index in [0.29, 0.717) is 57.9 Å². The predicted octanol–water partition coefficient (Wildman–Crippen LogP) is 1.93. The molecule has 0 spiro atoms. The molecule has 1 saturated heterocycles. The molecule has 42 heavy (non-hydrogen) atoms. The van der Waals surface area contributed by atoms with Gasteiger partial charge in [0.05, 0.1) is 49.9 Å². The minimum absolute atomic E-state index is 0.0727. The zero-order chi connectivity index (χ0) is 29.9. The summed E-state index contributed by atoms with van der Waals surface area (Å²) in [5, 5.41) is 14.8. The number of carboxylic acids is 1. The number of carbonyl (C=O) groups excluding carboxylic acids is 3. The zero-order valence-corrected chi connectivity index (χ0v) is 23.9. The highest BCUT2D eigenvalue weighted by Crippen LogP contribution is 2.37. The van der Waals surface area contributed by atoms with Crippen molar-refractivity contribution in [3.8, 4) is 0 Å². The van der Waals surface area contributed by atoms with Gasteiger partial charge in [0.15, 0.2) is 0 Å². The Hall–Kier alpha value is -3.90. The number of ether oxygens (including phenoxy) is 2. The Morgan fingerprint density at radius 3 is 2.31 bits per heavy atom.